The number of nitrogens with zero attached hydrogens (tertiary/aromatic N) is 3. The Kier molecular flexibility index (Phi) is 7.41. The average Bonchev–Trinajstić information content (AvgIpc) is 3.15. The Morgan fingerprint density at radius 1 is 1.31 bits per heavy atom. The van der Waals surface area contributed by atoms with Crippen LogP contribution in [0.3, 0.4) is 0 Å². The molecule has 8 heteroatoms. The van der Waals surface area contributed by atoms with Crippen molar-refractivity contribution in [2.45, 2.75) is 31.7 Å². The molecule has 0 radical (unpaired) electrons. The van der Waals surface area contributed by atoms with Gasteiger partial charge in [0.2, 0.25) is 17.6 Å². The van der Waals surface area contributed by atoms with Crippen molar-refractivity contribution >= 4 is 18.3 Å². The van der Waals surface area contributed by atoms with E-state index in [9.17, 15) is 4.79 Å². The molecular weight excluding hydrogens is 356 g/mol. The number of ether oxygens (including phenoxy) is 1. The van der Waals surface area contributed by atoms with E-state index in [1.807, 2.05) is 36.2 Å². The van der Waals surface area contributed by atoms with Crippen LogP contribution in [0.2, 0.25) is 0 Å². The largest absolute Gasteiger partial charge is 0.497 e. The molecule has 1 aliphatic heterocycles. The Labute approximate surface area is 159 Å². The summed E-state index contributed by atoms with van der Waals surface area (Å²) in [6, 6.07) is 7.78. The van der Waals surface area contributed by atoms with Crippen LogP contribution in [-0.2, 0) is 11.2 Å². The number of amides is 1. The summed E-state index contributed by atoms with van der Waals surface area (Å²) in [6.07, 6.45) is 2.84. The van der Waals surface area contributed by atoms with E-state index in [2.05, 4.69) is 15.5 Å². The molecule has 1 aromatic heterocycles. The van der Waals surface area contributed by atoms with Gasteiger partial charge in [-0.25, -0.2) is 0 Å². The number of rotatable bonds is 6. The van der Waals surface area contributed by atoms with Gasteiger partial charge in [-0.3, -0.25) is 4.79 Å². The molecule has 0 aliphatic carbocycles. The Hall–Kier alpha value is -2.12. The van der Waals surface area contributed by atoms with Crippen LogP contribution >= 0.6 is 12.4 Å². The van der Waals surface area contributed by atoms with Gasteiger partial charge in [0.05, 0.1) is 7.11 Å². The molecule has 26 heavy (non-hydrogen) atoms. The fourth-order valence-electron chi connectivity index (χ4n) is 3.00. The Bertz CT molecular complexity index is 699. The Morgan fingerprint density at radius 2 is 2.00 bits per heavy atom. The summed E-state index contributed by atoms with van der Waals surface area (Å²) in [4.78, 5) is 18.6. The van der Waals surface area contributed by atoms with Gasteiger partial charge in [0.15, 0.2) is 0 Å². The van der Waals surface area contributed by atoms with E-state index in [0.29, 0.717) is 30.6 Å². The van der Waals surface area contributed by atoms with Crippen LogP contribution in [0, 0.1) is 0 Å². The smallest absolute Gasteiger partial charge is 0.227 e. The van der Waals surface area contributed by atoms with Gasteiger partial charge in [0, 0.05) is 31.5 Å². The molecule has 2 heterocycles. The van der Waals surface area contributed by atoms with Gasteiger partial charge in [0.25, 0.3) is 0 Å². The molecule has 1 amide bonds. The Morgan fingerprint density at radius 3 is 2.65 bits per heavy atom. The number of carbonyl (C=O) groups excluding carboxylic acids is 1. The molecule has 142 valence electrons. The summed E-state index contributed by atoms with van der Waals surface area (Å²) in [7, 11) is 3.51. The molecule has 0 atom stereocenters. The zero-order valence-corrected chi connectivity index (χ0v) is 15.9. The molecule has 7 nitrogen and oxygen atoms in total. The molecule has 1 fully saturated rings. The van der Waals surface area contributed by atoms with Gasteiger partial charge in [-0.1, -0.05) is 5.16 Å². The number of methoxy groups -OCH3 is 1. The predicted molar refractivity (Wildman–Crippen MR) is 101 cm³/mol. The molecule has 1 N–H and O–H groups in total. The number of hydrogen-bond donors (Lipinski definition) is 1. The first-order chi connectivity index (χ1) is 12.2. The lowest BCUT2D eigenvalue weighted by molar-refractivity contribution is -0.132. The van der Waals surface area contributed by atoms with E-state index >= 15 is 0 Å². The maximum atomic E-state index is 12.4. The van der Waals surface area contributed by atoms with E-state index in [4.69, 9.17) is 9.26 Å². The standard InChI is InChI=1S/C18H24N4O3.ClH/c1-22(14-9-11-19-12-10-14)17(23)8-7-16-20-18(21-25-16)13-3-5-15(24-2)6-4-13;/h3-6,14,19H,7-12H2,1-2H3;1H. The monoisotopic (exact) mass is 380 g/mol. The number of piperidine rings is 1. The fraction of sp³-hybridized carbons (Fsp3) is 0.500. The van der Waals surface area contributed by atoms with E-state index in [0.717, 1.165) is 37.2 Å². The molecule has 1 saturated heterocycles. The Balaban J connectivity index is 0.00000243. The third-order valence-electron chi connectivity index (χ3n) is 4.62. The summed E-state index contributed by atoms with van der Waals surface area (Å²) in [6.45, 7) is 1.94. The minimum Gasteiger partial charge on any atom is -0.497 e. The first kappa shape index (κ1) is 20.2. The van der Waals surface area contributed by atoms with Crippen molar-refractivity contribution in [2.24, 2.45) is 0 Å². The third kappa shape index (κ3) is 4.95. The maximum Gasteiger partial charge on any atom is 0.227 e. The van der Waals surface area contributed by atoms with Crippen LogP contribution < -0.4 is 10.1 Å². The van der Waals surface area contributed by atoms with Crippen molar-refractivity contribution in [1.82, 2.24) is 20.4 Å². The lowest BCUT2D eigenvalue weighted by atomic mass is 10.0. The van der Waals surface area contributed by atoms with E-state index in [-0.39, 0.29) is 18.3 Å². The van der Waals surface area contributed by atoms with Crippen LogP contribution in [0.15, 0.2) is 28.8 Å². The van der Waals surface area contributed by atoms with Crippen LogP contribution in [0.1, 0.15) is 25.2 Å². The van der Waals surface area contributed by atoms with E-state index in [1.165, 1.54) is 0 Å². The van der Waals surface area contributed by atoms with E-state index in [1.54, 1.807) is 7.11 Å². The number of nitrogens with one attached hydrogen (secondary N) is 1. The normalized spacial score (nSPS) is 14.5. The zero-order chi connectivity index (χ0) is 17.6. The summed E-state index contributed by atoms with van der Waals surface area (Å²) in [5.74, 6) is 1.91. The van der Waals surface area contributed by atoms with Crippen LogP contribution in [-0.4, -0.2) is 54.2 Å². The first-order valence-corrected chi connectivity index (χ1v) is 8.61. The number of benzene rings is 1. The molecule has 0 bridgehead atoms. The van der Waals surface area contributed by atoms with Crippen molar-refractivity contribution in [1.29, 1.82) is 0 Å². The zero-order valence-electron chi connectivity index (χ0n) is 15.1. The van der Waals surface area contributed by atoms with Crippen LogP contribution in [0.4, 0.5) is 0 Å². The van der Waals surface area contributed by atoms with Crippen molar-refractivity contribution < 1.29 is 14.1 Å². The summed E-state index contributed by atoms with van der Waals surface area (Å²) >= 11 is 0. The number of carbonyl (C=O) groups is 1. The van der Waals surface area contributed by atoms with Crippen LogP contribution in [0.5, 0.6) is 5.75 Å². The SMILES string of the molecule is COc1ccc(-c2noc(CCC(=O)N(C)C3CCNCC3)n2)cc1.Cl. The molecule has 0 saturated carbocycles. The summed E-state index contributed by atoms with van der Waals surface area (Å²) in [5, 5.41) is 7.31. The lowest BCUT2D eigenvalue weighted by Gasteiger charge is -2.31. The second-order valence-corrected chi connectivity index (χ2v) is 6.23. The second-order valence-electron chi connectivity index (χ2n) is 6.23. The molecule has 3 rings (SSSR count). The lowest BCUT2D eigenvalue weighted by Crippen LogP contribution is -2.44. The summed E-state index contributed by atoms with van der Waals surface area (Å²) < 4.78 is 10.4. The topological polar surface area (TPSA) is 80.5 Å². The van der Waals surface area contributed by atoms with Gasteiger partial charge < -0.3 is 19.5 Å². The first-order valence-electron chi connectivity index (χ1n) is 8.61. The number of halogens is 1. The summed E-state index contributed by atoms with van der Waals surface area (Å²) in [5.41, 5.74) is 0.856. The van der Waals surface area contributed by atoms with Gasteiger partial charge >= 0.3 is 0 Å². The predicted octanol–water partition coefficient (Wildman–Crippen LogP) is 2.31. The second kappa shape index (κ2) is 9.54. The number of aromatic nitrogens is 2. The van der Waals surface area contributed by atoms with Crippen molar-refractivity contribution in [3.8, 4) is 17.1 Å². The molecule has 1 aromatic carbocycles. The fourth-order valence-corrected chi connectivity index (χ4v) is 3.00. The van der Waals surface area contributed by atoms with Gasteiger partial charge in [0.1, 0.15) is 5.75 Å². The van der Waals surface area contributed by atoms with Crippen molar-refractivity contribution in [3.05, 3.63) is 30.2 Å². The molecule has 0 spiro atoms. The quantitative estimate of drug-likeness (QED) is 0.828. The highest BCUT2D eigenvalue weighted by Gasteiger charge is 2.22. The third-order valence-corrected chi connectivity index (χ3v) is 4.62. The van der Waals surface area contributed by atoms with Gasteiger partial charge in [-0.15, -0.1) is 12.4 Å². The molecule has 0 unspecified atom stereocenters. The van der Waals surface area contributed by atoms with Gasteiger partial charge in [-0.2, -0.15) is 4.98 Å². The molecular formula is C18H25ClN4O3. The van der Waals surface area contributed by atoms with Gasteiger partial charge in [-0.05, 0) is 50.2 Å². The number of hydrogen-bond acceptors (Lipinski definition) is 6. The maximum absolute atomic E-state index is 12.4. The minimum absolute atomic E-state index is 0. The van der Waals surface area contributed by atoms with Crippen molar-refractivity contribution in [2.75, 3.05) is 27.2 Å². The van der Waals surface area contributed by atoms with Crippen LogP contribution in [0.25, 0.3) is 11.4 Å². The highest BCUT2D eigenvalue weighted by Crippen LogP contribution is 2.20. The average molecular weight is 381 g/mol. The molecule has 2 aromatic rings. The highest BCUT2D eigenvalue weighted by atomic mass is 35.5. The number of aryl methyl sites for hydroxylation is 1. The van der Waals surface area contributed by atoms with Crippen molar-refractivity contribution in [3.63, 3.8) is 0 Å². The highest BCUT2D eigenvalue weighted by molar-refractivity contribution is 5.85. The van der Waals surface area contributed by atoms with E-state index < -0.39 is 0 Å². The minimum atomic E-state index is 0. The molecule has 1 aliphatic rings.